The third-order valence-corrected chi connectivity index (χ3v) is 5.67. The third kappa shape index (κ3) is 5.15. The molecule has 0 saturated carbocycles. The maximum atomic E-state index is 13.7. The standard InChI is InChI=1S/C24H18FNO6S/c1-30-23(28)20-11-10-18(32-20)13-26-22(27)21(33-24(26)29)12-15-6-8-17(9-7-15)31-14-16-4-2-3-5-19(16)25/h2-12H,13-14H2,1H3. The Labute approximate surface area is 192 Å². The van der Waals surface area contributed by atoms with Crippen molar-refractivity contribution in [2.75, 3.05) is 7.11 Å². The highest BCUT2D eigenvalue weighted by Crippen LogP contribution is 2.33. The highest BCUT2D eigenvalue weighted by atomic mass is 32.2. The number of nitrogens with zero attached hydrogens (tertiary/aromatic N) is 1. The van der Waals surface area contributed by atoms with E-state index in [1.165, 1.54) is 25.3 Å². The minimum atomic E-state index is -0.642. The maximum Gasteiger partial charge on any atom is 0.373 e. The predicted molar refractivity (Wildman–Crippen MR) is 119 cm³/mol. The molecule has 9 heteroatoms. The van der Waals surface area contributed by atoms with E-state index < -0.39 is 17.1 Å². The number of imide groups is 1. The fraction of sp³-hybridized carbons (Fsp3) is 0.125. The molecule has 168 valence electrons. The molecule has 33 heavy (non-hydrogen) atoms. The van der Waals surface area contributed by atoms with Crippen LogP contribution in [0.1, 0.15) is 27.4 Å². The summed E-state index contributed by atoms with van der Waals surface area (Å²) in [4.78, 5) is 37.8. The van der Waals surface area contributed by atoms with Gasteiger partial charge in [-0.3, -0.25) is 14.5 Å². The Balaban J connectivity index is 1.40. The molecule has 4 rings (SSSR count). The molecule has 2 amide bonds. The number of ether oxygens (including phenoxy) is 2. The van der Waals surface area contributed by atoms with Gasteiger partial charge in [0, 0.05) is 5.56 Å². The number of furan rings is 1. The van der Waals surface area contributed by atoms with Crippen LogP contribution in [0.5, 0.6) is 5.75 Å². The Kier molecular flexibility index (Phi) is 6.60. The lowest BCUT2D eigenvalue weighted by atomic mass is 10.2. The van der Waals surface area contributed by atoms with Crippen LogP contribution in [0.25, 0.3) is 6.08 Å². The Morgan fingerprint density at radius 3 is 2.58 bits per heavy atom. The Bertz CT molecular complexity index is 1230. The van der Waals surface area contributed by atoms with Crippen molar-refractivity contribution in [1.29, 1.82) is 0 Å². The summed E-state index contributed by atoms with van der Waals surface area (Å²) in [5, 5.41) is -0.438. The van der Waals surface area contributed by atoms with Crippen molar-refractivity contribution in [2.45, 2.75) is 13.2 Å². The van der Waals surface area contributed by atoms with Crippen molar-refractivity contribution in [1.82, 2.24) is 4.90 Å². The van der Waals surface area contributed by atoms with Gasteiger partial charge in [0.2, 0.25) is 5.76 Å². The van der Waals surface area contributed by atoms with Gasteiger partial charge in [0.25, 0.3) is 11.1 Å². The van der Waals surface area contributed by atoms with Gasteiger partial charge >= 0.3 is 5.97 Å². The van der Waals surface area contributed by atoms with Crippen LogP contribution in [0, 0.1) is 5.82 Å². The number of carbonyl (C=O) groups excluding carboxylic acids is 3. The molecule has 1 fully saturated rings. The molecule has 0 radical (unpaired) electrons. The summed E-state index contributed by atoms with van der Waals surface area (Å²) >= 11 is 0.819. The SMILES string of the molecule is COC(=O)c1ccc(CN2C(=O)SC(=Cc3ccc(OCc4ccccc4F)cc3)C2=O)o1. The Morgan fingerprint density at radius 1 is 1.09 bits per heavy atom. The molecule has 0 atom stereocenters. The second kappa shape index (κ2) is 9.74. The molecule has 0 unspecified atom stereocenters. The highest BCUT2D eigenvalue weighted by molar-refractivity contribution is 8.18. The second-order valence-electron chi connectivity index (χ2n) is 6.97. The topological polar surface area (TPSA) is 86.0 Å². The van der Waals surface area contributed by atoms with E-state index in [2.05, 4.69) is 4.74 Å². The number of benzene rings is 2. The van der Waals surface area contributed by atoms with Gasteiger partial charge in [-0.25, -0.2) is 9.18 Å². The van der Waals surface area contributed by atoms with Gasteiger partial charge in [-0.15, -0.1) is 0 Å². The zero-order valence-corrected chi connectivity index (χ0v) is 18.3. The van der Waals surface area contributed by atoms with Crippen molar-refractivity contribution < 1.29 is 32.7 Å². The lowest BCUT2D eigenvalue weighted by Gasteiger charge is -2.10. The zero-order valence-electron chi connectivity index (χ0n) is 17.4. The number of halogens is 1. The summed E-state index contributed by atoms with van der Waals surface area (Å²) in [5.41, 5.74) is 1.15. The minimum Gasteiger partial charge on any atom is -0.489 e. The van der Waals surface area contributed by atoms with Crippen molar-refractivity contribution in [3.8, 4) is 5.75 Å². The number of amides is 2. The number of hydrogen-bond acceptors (Lipinski definition) is 7. The van der Waals surface area contributed by atoms with Gasteiger partial charge in [-0.1, -0.05) is 30.3 Å². The van der Waals surface area contributed by atoms with Crippen LogP contribution in [-0.2, 0) is 22.7 Å². The van der Waals surface area contributed by atoms with Gasteiger partial charge in [0.05, 0.1) is 18.6 Å². The van der Waals surface area contributed by atoms with Crippen LogP contribution >= 0.6 is 11.8 Å². The van der Waals surface area contributed by atoms with Crippen LogP contribution in [0.15, 0.2) is 70.0 Å². The highest BCUT2D eigenvalue weighted by Gasteiger charge is 2.35. The fourth-order valence-electron chi connectivity index (χ4n) is 3.05. The average molecular weight is 467 g/mol. The van der Waals surface area contributed by atoms with E-state index >= 15 is 0 Å². The number of carbonyl (C=O) groups is 3. The average Bonchev–Trinajstić information content (AvgIpc) is 3.39. The smallest absolute Gasteiger partial charge is 0.373 e. The van der Waals surface area contributed by atoms with Crippen LogP contribution in [0.2, 0.25) is 0 Å². The molecule has 0 aliphatic carbocycles. The van der Waals surface area contributed by atoms with E-state index in [1.807, 2.05) is 0 Å². The normalized spacial score (nSPS) is 14.7. The number of methoxy groups -OCH3 is 1. The summed E-state index contributed by atoms with van der Waals surface area (Å²) < 4.78 is 29.2. The molecule has 2 heterocycles. The predicted octanol–water partition coefficient (Wildman–Crippen LogP) is 5.02. The molecule has 0 N–H and O–H groups in total. The number of thioether (sulfide) groups is 1. The van der Waals surface area contributed by atoms with Gasteiger partial charge < -0.3 is 13.9 Å². The first-order valence-electron chi connectivity index (χ1n) is 9.83. The third-order valence-electron chi connectivity index (χ3n) is 4.77. The molecule has 2 aromatic carbocycles. The largest absolute Gasteiger partial charge is 0.489 e. The first kappa shape index (κ1) is 22.3. The zero-order chi connectivity index (χ0) is 23.4. The lowest BCUT2D eigenvalue weighted by molar-refractivity contribution is -0.123. The summed E-state index contributed by atoms with van der Waals surface area (Å²) in [5.74, 6) is -0.608. The van der Waals surface area contributed by atoms with Gasteiger partial charge in [0.1, 0.15) is 23.9 Å². The second-order valence-corrected chi connectivity index (χ2v) is 7.97. The summed E-state index contributed by atoms with van der Waals surface area (Å²) in [6.07, 6.45) is 1.60. The molecule has 3 aromatic rings. The lowest BCUT2D eigenvalue weighted by Crippen LogP contribution is -2.27. The molecule has 1 aliphatic heterocycles. The van der Waals surface area contributed by atoms with Gasteiger partial charge in [-0.05, 0) is 53.7 Å². The van der Waals surface area contributed by atoms with Crippen molar-refractivity contribution in [3.63, 3.8) is 0 Å². The molecule has 0 spiro atoms. The van der Waals surface area contributed by atoms with E-state index in [-0.39, 0.29) is 35.4 Å². The van der Waals surface area contributed by atoms with Crippen molar-refractivity contribution >= 4 is 35.0 Å². The van der Waals surface area contributed by atoms with Crippen molar-refractivity contribution in [2.24, 2.45) is 0 Å². The van der Waals surface area contributed by atoms with Crippen LogP contribution in [-0.4, -0.2) is 29.1 Å². The Hall–Kier alpha value is -3.85. The van der Waals surface area contributed by atoms with E-state index in [0.29, 0.717) is 16.9 Å². The van der Waals surface area contributed by atoms with E-state index in [0.717, 1.165) is 16.7 Å². The molecule has 0 bridgehead atoms. The summed E-state index contributed by atoms with van der Waals surface area (Å²) in [6, 6.07) is 16.2. The quantitative estimate of drug-likeness (QED) is 0.356. The van der Waals surface area contributed by atoms with Crippen LogP contribution < -0.4 is 4.74 Å². The molecule has 7 nitrogen and oxygen atoms in total. The van der Waals surface area contributed by atoms with Crippen molar-refractivity contribution in [3.05, 3.63) is 94.0 Å². The van der Waals surface area contributed by atoms with E-state index in [1.54, 1.807) is 48.5 Å². The number of esters is 1. The van der Waals surface area contributed by atoms with E-state index in [9.17, 15) is 18.8 Å². The van der Waals surface area contributed by atoms with Crippen LogP contribution in [0.4, 0.5) is 9.18 Å². The summed E-state index contributed by atoms with van der Waals surface area (Å²) in [6.45, 7) is -0.00277. The maximum absolute atomic E-state index is 13.7. The Morgan fingerprint density at radius 2 is 1.85 bits per heavy atom. The minimum absolute atomic E-state index is 0.00711. The molecule has 1 aromatic heterocycles. The molecular formula is C24H18FNO6S. The number of rotatable bonds is 7. The summed E-state index contributed by atoms with van der Waals surface area (Å²) in [7, 11) is 1.23. The molecule has 1 saturated heterocycles. The van der Waals surface area contributed by atoms with Crippen LogP contribution in [0.3, 0.4) is 0 Å². The fourth-order valence-corrected chi connectivity index (χ4v) is 3.89. The van der Waals surface area contributed by atoms with E-state index in [4.69, 9.17) is 9.15 Å². The number of hydrogen-bond donors (Lipinski definition) is 0. The van der Waals surface area contributed by atoms with Gasteiger partial charge in [-0.2, -0.15) is 0 Å². The monoisotopic (exact) mass is 467 g/mol. The van der Waals surface area contributed by atoms with Gasteiger partial charge in [0.15, 0.2) is 0 Å². The molecular weight excluding hydrogens is 449 g/mol. The first-order chi connectivity index (χ1) is 15.9. The molecule has 1 aliphatic rings. The first-order valence-corrected chi connectivity index (χ1v) is 10.6.